The molecule has 0 fully saturated rings. The minimum atomic E-state index is -5.20. The molecule has 0 atom stereocenters. The van der Waals surface area contributed by atoms with E-state index in [2.05, 4.69) is 9.52 Å². The molecule has 2 N–H and O–H groups in total. The minimum Gasteiger partial charge on any atom is -0.444 e. The molecule has 1 aromatic carbocycles. The largest absolute Gasteiger partial charge is 0.471 e. The number of benzene rings is 1. The van der Waals surface area contributed by atoms with E-state index in [4.69, 9.17) is 14.2 Å². The Labute approximate surface area is 228 Å². The lowest BCUT2D eigenvalue weighted by molar-refractivity contribution is -0.140. The number of halogens is 5. The summed E-state index contributed by atoms with van der Waals surface area (Å²) in [5.41, 5.74) is -4.45. The molecule has 220 valence electrons. The van der Waals surface area contributed by atoms with E-state index in [1.807, 2.05) is 0 Å². The van der Waals surface area contributed by atoms with E-state index in [9.17, 15) is 40.9 Å². The Balaban J connectivity index is 1.83. The summed E-state index contributed by atoms with van der Waals surface area (Å²) in [6.07, 6.45) is -5.75. The van der Waals surface area contributed by atoms with Crippen LogP contribution < -0.4 is 16.1 Å². The Bertz CT molecular complexity index is 1950. The first-order valence-corrected chi connectivity index (χ1v) is 13.5. The number of hydrogen-bond acceptors (Lipinski definition) is 7. The van der Waals surface area contributed by atoms with Gasteiger partial charge in [0.15, 0.2) is 16.4 Å². The highest BCUT2D eigenvalue weighted by atomic mass is 32.1. The highest BCUT2D eigenvalue weighted by Gasteiger charge is 2.36. The van der Waals surface area contributed by atoms with Crippen molar-refractivity contribution >= 4 is 36.2 Å². The Morgan fingerprint density at radius 3 is 2.41 bits per heavy atom. The highest BCUT2D eigenvalue weighted by Crippen LogP contribution is 2.38. The smallest absolute Gasteiger partial charge is 0.444 e. The molecule has 0 bridgehead atoms. The van der Waals surface area contributed by atoms with Crippen LogP contribution in [0.1, 0.15) is 16.9 Å². The molecule has 4 aromatic rings. The van der Waals surface area contributed by atoms with Gasteiger partial charge in [-0.2, -0.15) is 18.2 Å². The number of rotatable bonds is 6. The third-order valence-corrected chi connectivity index (χ3v) is 7.27. The van der Waals surface area contributed by atoms with E-state index in [1.165, 1.54) is 21.0 Å². The van der Waals surface area contributed by atoms with Crippen LogP contribution in [0.3, 0.4) is 0 Å². The number of carbonyl (C=O) groups excluding carboxylic acids is 1. The van der Waals surface area contributed by atoms with Crippen LogP contribution in [0.25, 0.3) is 22.4 Å². The number of aryl methyl sites for hydroxylation is 2. The molecule has 0 saturated carbocycles. The number of furan rings is 1. The van der Waals surface area contributed by atoms with Crippen LogP contribution in [-0.4, -0.2) is 29.4 Å². The number of amides is 1. The van der Waals surface area contributed by atoms with Crippen molar-refractivity contribution < 1.29 is 50.0 Å². The zero-order valence-corrected chi connectivity index (χ0v) is 22.7. The van der Waals surface area contributed by atoms with Crippen molar-refractivity contribution in [3.05, 3.63) is 71.7 Å². The van der Waals surface area contributed by atoms with Crippen LogP contribution in [-0.2, 0) is 47.3 Å². The minimum absolute atomic E-state index is 0.0671. The summed E-state index contributed by atoms with van der Waals surface area (Å²) >= 11 is 0.601. The van der Waals surface area contributed by atoms with Crippen molar-refractivity contribution in [3.8, 4) is 11.3 Å². The number of nitrogens with zero attached hydrogens (tertiary/aromatic N) is 4. The third-order valence-electron chi connectivity index (χ3n) is 5.95. The molecule has 0 spiro atoms. The Kier molecular flexibility index (Phi) is 7.83. The second kappa shape index (κ2) is 10.6. The molecule has 3 aromatic heterocycles. The van der Waals surface area contributed by atoms with Crippen molar-refractivity contribution in [1.82, 2.24) is 13.7 Å². The standard InChI is InChI=1S/C22H18F5N4O8PS/c1-9-11(15-18(33)29(2)21(34)30(3)19(15)39-9)6-14(32)28-20-31(8-38-40(35,36)37)13(7-41-20)10-4-5-12(22(25,26)27)17(24)16(10)23/h4-5,7H,6,8H2,1-3H3,(H2,35,36,37)/b28-20-. The number of thiazole rings is 1. The summed E-state index contributed by atoms with van der Waals surface area (Å²) in [4.78, 5) is 59.6. The maximum atomic E-state index is 14.7. The first kappa shape index (κ1) is 30.3. The van der Waals surface area contributed by atoms with E-state index < -0.39 is 72.8 Å². The molecule has 0 aliphatic heterocycles. The Hall–Kier alpha value is -3.70. The molecule has 41 heavy (non-hydrogen) atoms. The number of phosphoric ester groups is 1. The molecule has 12 nitrogen and oxygen atoms in total. The van der Waals surface area contributed by atoms with Crippen molar-refractivity contribution in [1.29, 1.82) is 0 Å². The molecule has 0 aliphatic rings. The average molecular weight is 624 g/mol. The van der Waals surface area contributed by atoms with E-state index in [0.717, 1.165) is 19.1 Å². The molecule has 0 aliphatic carbocycles. The molecule has 1 amide bonds. The second-order valence-corrected chi connectivity index (χ2v) is 10.6. The molecular weight excluding hydrogens is 606 g/mol. The van der Waals surface area contributed by atoms with Crippen molar-refractivity contribution in [2.24, 2.45) is 19.1 Å². The van der Waals surface area contributed by atoms with Gasteiger partial charge in [0, 0.05) is 30.6 Å². The van der Waals surface area contributed by atoms with E-state index >= 15 is 0 Å². The van der Waals surface area contributed by atoms with Crippen molar-refractivity contribution in [3.63, 3.8) is 0 Å². The van der Waals surface area contributed by atoms with Gasteiger partial charge >= 0.3 is 19.7 Å². The number of fused-ring (bicyclic) bond motifs is 1. The second-order valence-electron chi connectivity index (χ2n) is 8.57. The summed E-state index contributed by atoms with van der Waals surface area (Å²) in [5.74, 6) is -4.95. The number of carbonyl (C=O) groups is 1. The molecule has 0 unspecified atom stereocenters. The summed E-state index contributed by atoms with van der Waals surface area (Å²) in [5, 5.41) is 0.993. The summed E-state index contributed by atoms with van der Waals surface area (Å²) in [7, 11) is -2.58. The van der Waals surface area contributed by atoms with Crippen LogP contribution in [0.5, 0.6) is 0 Å². The third kappa shape index (κ3) is 5.73. The fourth-order valence-corrected chi connectivity index (χ4v) is 5.12. The first-order chi connectivity index (χ1) is 18.9. The quantitative estimate of drug-likeness (QED) is 0.245. The predicted molar refractivity (Wildman–Crippen MR) is 131 cm³/mol. The monoisotopic (exact) mass is 624 g/mol. The normalized spacial score (nSPS) is 13.0. The Morgan fingerprint density at radius 2 is 1.80 bits per heavy atom. The topological polar surface area (TPSA) is 158 Å². The maximum absolute atomic E-state index is 14.7. The van der Waals surface area contributed by atoms with Crippen LogP contribution >= 0.6 is 19.2 Å². The number of hydrogen-bond donors (Lipinski definition) is 2. The van der Waals surface area contributed by atoms with Gasteiger partial charge in [-0.3, -0.25) is 27.8 Å². The lowest BCUT2D eigenvalue weighted by atomic mass is 10.1. The summed E-state index contributed by atoms with van der Waals surface area (Å²) < 4.78 is 91.8. The zero-order chi connectivity index (χ0) is 30.6. The molecule has 4 rings (SSSR count). The average Bonchev–Trinajstić information content (AvgIpc) is 3.40. The van der Waals surface area contributed by atoms with Crippen molar-refractivity contribution in [2.75, 3.05) is 0 Å². The molecule has 0 saturated heterocycles. The molecule has 0 radical (unpaired) electrons. The zero-order valence-electron chi connectivity index (χ0n) is 21.0. The highest BCUT2D eigenvalue weighted by molar-refractivity contribution is 7.46. The van der Waals surface area contributed by atoms with Gasteiger partial charge in [-0.1, -0.05) is 0 Å². The SMILES string of the molecule is Cc1oc2c(c1CC(=O)/N=c1\scc(-c3ccc(C(F)(F)F)c(F)c3F)n1COP(=O)(O)O)c(=O)n(C)c(=O)n2C. The summed E-state index contributed by atoms with van der Waals surface area (Å²) in [6.45, 7) is 0.374. The van der Waals surface area contributed by atoms with Gasteiger partial charge in [-0.05, 0) is 19.1 Å². The van der Waals surface area contributed by atoms with Gasteiger partial charge in [-0.15, -0.1) is 11.3 Å². The fraction of sp³-hybridized carbons (Fsp3) is 0.273. The first-order valence-electron chi connectivity index (χ1n) is 11.1. The van der Waals surface area contributed by atoms with E-state index in [0.29, 0.717) is 17.4 Å². The van der Waals surface area contributed by atoms with Crippen molar-refractivity contribution in [2.45, 2.75) is 26.3 Å². The lowest BCUT2D eigenvalue weighted by Gasteiger charge is -2.13. The number of aromatic nitrogens is 3. The molecule has 19 heteroatoms. The molecular formula is C22H18F5N4O8PS. The van der Waals surface area contributed by atoms with Gasteiger partial charge in [0.2, 0.25) is 5.71 Å². The summed E-state index contributed by atoms with van der Waals surface area (Å²) in [6, 6.07) is 0.881. The maximum Gasteiger partial charge on any atom is 0.471 e. The van der Waals surface area contributed by atoms with Crippen LogP contribution in [0.15, 0.2) is 36.5 Å². The van der Waals surface area contributed by atoms with Gasteiger partial charge in [-0.25, -0.2) is 18.1 Å². The lowest BCUT2D eigenvalue weighted by Crippen LogP contribution is -2.36. The van der Waals surface area contributed by atoms with Gasteiger partial charge < -0.3 is 14.2 Å². The van der Waals surface area contributed by atoms with E-state index in [1.54, 1.807) is 0 Å². The van der Waals surface area contributed by atoms with Gasteiger partial charge in [0.05, 0.1) is 17.7 Å². The van der Waals surface area contributed by atoms with Crippen LogP contribution in [0, 0.1) is 18.6 Å². The van der Waals surface area contributed by atoms with Crippen LogP contribution in [0.2, 0.25) is 0 Å². The van der Waals surface area contributed by atoms with Gasteiger partial charge in [0.1, 0.15) is 17.9 Å². The van der Waals surface area contributed by atoms with Crippen LogP contribution in [0.4, 0.5) is 22.0 Å². The molecule has 3 heterocycles. The van der Waals surface area contributed by atoms with Gasteiger partial charge in [0.25, 0.3) is 11.5 Å². The number of alkyl halides is 3. The predicted octanol–water partition coefficient (Wildman–Crippen LogP) is 2.70. The Morgan fingerprint density at radius 1 is 1.15 bits per heavy atom. The number of phosphoric acid groups is 1. The fourth-order valence-electron chi connectivity index (χ4n) is 3.95. The van der Waals surface area contributed by atoms with E-state index in [-0.39, 0.29) is 33.3 Å².